The van der Waals surface area contributed by atoms with Crippen molar-refractivity contribution < 1.29 is 14.7 Å². The molecule has 4 aromatic carbocycles. The van der Waals surface area contributed by atoms with Crippen LogP contribution in [0.25, 0.3) is 43.6 Å². The van der Waals surface area contributed by atoms with Gasteiger partial charge >= 0.3 is 5.97 Å². The summed E-state index contributed by atoms with van der Waals surface area (Å²) in [6.45, 7) is 0. The minimum atomic E-state index is -0.786. The fraction of sp³-hybridized carbons (Fsp3) is 0.100. The van der Waals surface area contributed by atoms with E-state index in [0.29, 0.717) is 6.42 Å². The van der Waals surface area contributed by atoms with Crippen molar-refractivity contribution in [3.63, 3.8) is 0 Å². The van der Waals surface area contributed by atoms with Crippen molar-refractivity contribution >= 4 is 66.9 Å². The lowest BCUT2D eigenvalue weighted by atomic mass is 10.1. The lowest BCUT2D eigenvalue weighted by molar-refractivity contribution is -0.136. The predicted molar refractivity (Wildman–Crippen MR) is 202 cm³/mol. The monoisotopic (exact) mass is 652 g/mol. The molecule has 0 saturated heterocycles. The summed E-state index contributed by atoms with van der Waals surface area (Å²) in [6.07, 6.45) is 7.70. The van der Waals surface area contributed by atoms with Crippen LogP contribution in [0, 0.1) is 0 Å². The third-order valence-electron chi connectivity index (χ3n) is 7.51. The van der Waals surface area contributed by atoms with Gasteiger partial charge in [0.2, 0.25) is 5.91 Å². The van der Waals surface area contributed by atoms with Gasteiger partial charge < -0.3 is 26.1 Å². The number of carbonyl (C=O) groups is 2. The van der Waals surface area contributed by atoms with Crippen molar-refractivity contribution in [2.45, 2.75) is 27.7 Å². The van der Waals surface area contributed by atoms with E-state index >= 15 is 0 Å². The second-order valence-corrected chi connectivity index (χ2v) is 10.9. The molecule has 0 aliphatic rings. The van der Waals surface area contributed by atoms with Crippen LogP contribution in [0.4, 0.5) is 11.4 Å². The number of hydrogen-bond donors (Lipinski definition) is 5. The summed E-state index contributed by atoms with van der Waals surface area (Å²) in [5.74, 6) is -0.806. The first-order chi connectivity index (χ1) is 22.9. The van der Waals surface area contributed by atoms with Crippen LogP contribution in [-0.4, -0.2) is 36.9 Å². The Kier molecular flexibility index (Phi) is 11.8. The van der Waals surface area contributed by atoms with Crippen molar-refractivity contribution in [1.82, 2.24) is 19.9 Å². The summed E-state index contributed by atoms with van der Waals surface area (Å²) in [4.78, 5) is 37.1. The lowest BCUT2D eigenvalue weighted by Crippen LogP contribution is -2.14. The van der Waals surface area contributed by atoms with Gasteiger partial charge in [0.15, 0.2) is 0 Å². The van der Waals surface area contributed by atoms with E-state index in [0.717, 1.165) is 55.3 Å². The zero-order valence-corrected chi connectivity index (χ0v) is 25.4. The fourth-order valence-corrected chi connectivity index (χ4v) is 5.37. The number of benzene rings is 4. The van der Waals surface area contributed by atoms with E-state index in [4.69, 9.17) is 10.8 Å². The predicted octanol–water partition coefficient (Wildman–Crippen LogP) is 8.78. The summed E-state index contributed by atoms with van der Waals surface area (Å²) in [7, 11) is 0. The number of aromatic amines is 2. The second-order valence-electron chi connectivity index (χ2n) is 10.9. The van der Waals surface area contributed by atoms with Crippen LogP contribution in [0.2, 0.25) is 0 Å². The first-order valence-corrected chi connectivity index (χ1v) is 15.0. The van der Waals surface area contributed by atoms with E-state index in [2.05, 4.69) is 25.3 Å². The molecule has 4 heterocycles. The van der Waals surface area contributed by atoms with Gasteiger partial charge in [-0.2, -0.15) is 0 Å². The number of carbonyl (C=O) groups excluding carboxylic acids is 1. The molecule has 0 aliphatic heterocycles. The molecule has 0 saturated carbocycles. The zero-order valence-electron chi connectivity index (χ0n) is 25.4. The Bertz CT molecular complexity index is 2300. The Labute approximate surface area is 284 Å². The first-order valence-electron chi connectivity index (χ1n) is 15.0. The minimum absolute atomic E-state index is 0. The van der Waals surface area contributed by atoms with E-state index in [1.807, 2.05) is 109 Å². The van der Waals surface area contributed by atoms with Crippen LogP contribution in [-0.2, 0) is 22.4 Å². The maximum absolute atomic E-state index is 12.2. The van der Waals surface area contributed by atoms with E-state index < -0.39 is 5.97 Å². The molecule has 0 spiro atoms. The molecule has 6 N–H and O–H groups in total. The number of aromatic nitrogens is 4. The van der Waals surface area contributed by atoms with Gasteiger partial charge in [0.05, 0.1) is 36.3 Å². The number of nitrogen functional groups attached to an aromatic ring is 1. The van der Waals surface area contributed by atoms with E-state index in [-0.39, 0.29) is 27.2 Å². The van der Waals surface area contributed by atoms with Gasteiger partial charge in [0.1, 0.15) is 0 Å². The van der Waals surface area contributed by atoms with Gasteiger partial charge in [-0.25, -0.2) is 0 Å². The number of pyridine rings is 2. The molecule has 0 fully saturated rings. The van der Waals surface area contributed by atoms with Crippen LogP contribution in [0.1, 0.15) is 26.0 Å². The minimum Gasteiger partial charge on any atom is -0.481 e. The molecule has 248 valence electrons. The molecular formula is C40H40N6O3. The summed E-state index contributed by atoms with van der Waals surface area (Å²) < 4.78 is 0. The maximum Gasteiger partial charge on any atom is 0.307 e. The van der Waals surface area contributed by atoms with E-state index in [1.54, 1.807) is 24.5 Å². The molecule has 9 heteroatoms. The molecule has 9 nitrogen and oxygen atoms in total. The molecule has 0 unspecified atom stereocenters. The van der Waals surface area contributed by atoms with Crippen LogP contribution in [0.15, 0.2) is 134 Å². The van der Waals surface area contributed by atoms with Crippen molar-refractivity contribution in [2.75, 3.05) is 11.1 Å². The highest BCUT2D eigenvalue weighted by atomic mass is 16.4. The van der Waals surface area contributed by atoms with Crippen molar-refractivity contribution in [1.29, 1.82) is 0 Å². The fourth-order valence-electron chi connectivity index (χ4n) is 5.37. The molecule has 0 aliphatic carbocycles. The third kappa shape index (κ3) is 8.87. The van der Waals surface area contributed by atoms with E-state index in [1.165, 1.54) is 10.8 Å². The van der Waals surface area contributed by atoms with Crippen molar-refractivity contribution in [3.05, 3.63) is 145 Å². The number of carboxylic acid groups (broad SMARTS) is 1. The van der Waals surface area contributed by atoms with Crippen LogP contribution < -0.4 is 11.1 Å². The highest BCUT2D eigenvalue weighted by Gasteiger charge is 2.08. The zero-order chi connectivity index (χ0) is 32.6. The maximum atomic E-state index is 12.2. The highest BCUT2D eigenvalue weighted by Crippen LogP contribution is 2.27. The number of nitrogens with two attached hydrogens (primary N) is 1. The Morgan fingerprint density at radius 3 is 1.65 bits per heavy atom. The number of H-pyrrole nitrogens is 2. The molecule has 0 radical (unpaired) electrons. The topological polar surface area (TPSA) is 150 Å². The number of amides is 1. The average molecular weight is 653 g/mol. The number of hydrogen-bond acceptors (Lipinski definition) is 5. The van der Waals surface area contributed by atoms with Crippen LogP contribution >= 0.6 is 0 Å². The second kappa shape index (κ2) is 16.4. The van der Waals surface area contributed by atoms with Gasteiger partial charge in [-0.05, 0) is 47.5 Å². The molecule has 0 bridgehead atoms. The highest BCUT2D eigenvalue weighted by molar-refractivity contribution is 6.09. The normalized spacial score (nSPS) is 10.2. The summed E-state index contributed by atoms with van der Waals surface area (Å²) in [5, 5.41) is 16.0. The smallest absolute Gasteiger partial charge is 0.307 e. The van der Waals surface area contributed by atoms with Gasteiger partial charge in [-0.15, -0.1) is 0 Å². The number of carboxylic acids is 1. The van der Waals surface area contributed by atoms with Gasteiger partial charge in [-0.3, -0.25) is 19.6 Å². The lowest BCUT2D eigenvalue weighted by Gasteiger charge is -2.05. The van der Waals surface area contributed by atoms with Gasteiger partial charge in [-0.1, -0.05) is 87.6 Å². The molecule has 8 aromatic rings. The Balaban J connectivity index is 0.000000178. The number of nitrogens with zero attached hydrogens (tertiary/aromatic N) is 2. The van der Waals surface area contributed by atoms with Crippen LogP contribution in [0.3, 0.4) is 0 Å². The van der Waals surface area contributed by atoms with Crippen LogP contribution in [0.5, 0.6) is 0 Å². The first kappa shape index (κ1) is 35.4. The van der Waals surface area contributed by atoms with E-state index in [9.17, 15) is 9.59 Å². The Hall–Kier alpha value is -6.48. The summed E-state index contributed by atoms with van der Waals surface area (Å²) >= 11 is 0. The van der Waals surface area contributed by atoms with Gasteiger partial charge in [0.25, 0.3) is 0 Å². The average Bonchev–Trinajstić information content (AvgIpc) is 3.63. The van der Waals surface area contributed by atoms with Crippen molar-refractivity contribution in [3.8, 4) is 0 Å². The molecule has 8 rings (SSSR count). The Morgan fingerprint density at radius 2 is 1.10 bits per heavy atom. The molecule has 1 amide bonds. The van der Waals surface area contributed by atoms with Gasteiger partial charge in [0, 0.05) is 56.3 Å². The number of aliphatic carboxylic acids is 1. The summed E-state index contributed by atoms with van der Waals surface area (Å²) in [6, 6.07) is 34.6. The SMILES string of the molecule is C.C.Nc1ccc2c(c1)[nH]c1cnccc12.O=C(Cc1ccccc1)Nc1ccc2c(c1)[nH]c1cnccc12.O=C(O)Cc1ccccc1. The number of rotatable bonds is 5. The number of fused-ring (bicyclic) bond motifs is 6. The largest absolute Gasteiger partial charge is 0.481 e. The Morgan fingerprint density at radius 1 is 0.612 bits per heavy atom. The summed E-state index contributed by atoms with van der Waals surface area (Å²) in [5.41, 5.74) is 13.2. The molecule has 4 aromatic heterocycles. The number of anilines is 2. The standard InChI is InChI=1S/C19H15N3O.C11H9N3.C8H8O2.2CH4/c23-19(10-13-4-2-1-3-5-13)21-14-6-7-15-16-8-9-20-12-18(16)22-17(15)11-14;12-7-1-2-8-9-3-4-13-6-11(9)14-10(8)5-7;9-8(10)6-7-4-2-1-3-5-7;;/h1-9,11-12,22H,10H2,(H,21,23);1-6,14H,12H2;1-5H,6H2,(H,9,10);2*1H4. The van der Waals surface area contributed by atoms with Crippen molar-refractivity contribution in [2.24, 2.45) is 0 Å². The molecular weight excluding hydrogens is 612 g/mol. The molecule has 49 heavy (non-hydrogen) atoms. The quantitative estimate of drug-likeness (QED) is 0.117. The number of nitrogens with one attached hydrogen (secondary N) is 3. The third-order valence-corrected chi connectivity index (χ3v) is 7.51. The molecule has 0 atom stereocenters.